The van der Waals surface area contributed by atoms with Crippen molar-refractivity contribution >= 4 is 21.7 Å². The smallest absolute Gasteiger partial charge is 0.295 e. The Labute approximate surface area is 157 Å². The summed E-state index contributed by atoms with van der Waals surface area (Å²) in [6.45, 7) is 0. The molecule has 138 valence electrons. The lowest BCUT2D eigenvalue weighted by Crippen LogP contribution is -2.13. The van der Waals surface area contributed by atoms with Crippen LogP contribution in [0, 0.1) is 0 Å². The zero-order chi connectivity index (χ0) is 19.4. The predicted molar refractivity (Wildman–Crippen MR) is 103 cm³/mol. The van der Waals surface area contributed by atoms with E-state index in [0.717, 1.165) is 0 Å². The topological polar surface area (TPSA) is 92.7 Å². The van der Waals surface area contributed by atoms with Gasteiger partial charge in [0, 0.05) is 16.8 Å². The average molecular weight is 383 g/mol. The van der Waals surface area contributed by atoms with E-state index < -0.39 is 16.0 Å². The first kappa shape index (κ1) is 18.6. The van der Waals surface area contributed by atoms with Crippen molar-refractivity contribution in [3.8, 4) is 16.9 Å². The van der Waals surface area contributed by atoms with Gasteiger partial charge in [0.1, 0.15) is 10.6 Å². The van der Waals surface area contributed by atoms with Gasteiger partial charge in [0.15, 0.2) is 0 Å². The van der Waals surface area contributed by atoms with E-state index in [0.29, 0.717) is 17.0 Å². The second-order valence-corrected chi connectivity index (χ2v) is 7.09. The van der Waals surface area contributed by atoms with Crippen molar-refractivity contribution in [1.29, 1.82) is 0 Å². The second kappa shape index (κ2) is 7.61. The summed E-state index contributed by atoms with van der Waals surface area (Å²) in [5, 5.41) is 2.77. The number of benzene rings is 3. The molecule has 2 N–H and O–H groups in total. The molecule has 0 fully saturated rings. The van der Waals surface area contributed by atoms with Gasteiger partial charge in [0.05, 0.1) is 7.11 Å². The number of nitrogens with one attached hydrogen (secondary N) is 1. The molecule has 0 atom stereocenters. The molecule has 0 aromatic heterocycles. The molecular weight excluding hydrogens is 366 g/mol. The lowest BCUT2D eigenvalue weighted by molar-refractivity contribution is 0.102. The number of methoxy groups -OCH3 is 1. The predicted octanol–water partition coefficient (Wildman–Crippen LogP) is 3.86. The summed E-state index contributed by atoms with van der Waals surface area (Å²) in [5.41, 5.74) is 1.41. The normalized spacial score (nSPS) is 11.0. The molecule has 0 saturated heterocycles. The number of anilines is 1. The third-order valence-corrected chi connectivity index (χ3v) is 4.87. The highest BCUT2D eigenvalue weighted by Crippen LogP contribution is 2.33. The molecule has 0 aliphatic rings. The van der Waals surface area contributed by atoms with E-state index in [4.69, 9.17) is 4.74 Å². The van der Waals surface area contributed by atoms with Crippen LogP contribution in [0.5, 0.6) is 5.75 Å². The second-order valence-electron chi connectivity index (χ2n) is 5.70. The van der Waals surface area contributed by atoms with Gasteiger partial charge in [-0.3, -0.25) is 9.35 Å². The number of amides is 1. The molecule has 27 heavy (non-hydrogen) atoms. The van der Waals surface area contributed by atoms with E-state index in [1.165, 1.54) is 25.3 Å². The molecule has 0 radical (unpaired) electrons. The lowest BCUT2D eigenvalue weighted by atomic mass is 9.98. The van der Waals surface area contributed by atoms with Crippen LogP contribution in [0.4, 0.5) is 5.69 Å². The highest BCUT2D eigenvalue weighted by atomic mass is 32.2. The van der Waals surface area contributed by atoms with Crippen molar-refractivity contribution in [3.63, 3.8) is 0 Å². The first-order valence-electron chi connectivity index (χ1n) is 8.01. The lowest BCUT2D eigenvalue weighted by Gasteiger charge is -2.14. The first-order chi connectivity index (χ1) is 12.9. The van der Waals surface area contributed by atoms with E-state index in [-0.39, 0.29) is 16.0 Å². The van der Waals surface area contributed by atoms with Gasteiger partial charge in [-0.2, -0.15) is 8.42 Å². The molecule has 0 heterocycles. The number of carbonyl (C=O) groups is 1. The molecular formula is C20H17NO5S. The van der Waals surface area contributed by atoms with Crippen molar-refractivity contribution in [2.24, 2.45) is 0 Å². The molecule has 0 saturated carbocycles. The average Bonchev–Trinajstić information content (AvgIpc) is 2.67. The highest BCUT2D eigenvalue weighted by Gasteiger charge is 2.21. The van der Waals surface area contributed by atoms with Crippen LogP contribution in [0.3, 0.4) is 0 Å². The summed E-state index contributed by atoms with van der Waals surface area (Å²) in [6, 6.07) is 19.6. The minimum atomic E-state index is -4.50. The van der Waals surface area contributed by atoms with Crippen molar-refractivity contribution in [2.45, 2.75) is 4.90 Å². The maximum atomic E-state index is 12.8. The van der Waals surface area contributed by atoms with Gasteiger partial charge in [0.25, 0.3) is 16.0 Å². The minimum absolute atomic E-state index is 0.177. The molecule has 0 aliphatic heterocycles. The largest absolute Gasteiger partial charge is 0.497 e. The van der Waals surface area contributed by atoms with Crippen LogP contribution >= 0.6 is 0 Å². The summed E-state index contributed by atoms with van der Waals surface area (Å²) in [4.78, 5) is 12.5. The van der Waals surface area contributed by atoms with Crippen molar-refractivity contribution < 1.29 is 22.5 Å². The molecule has 3 aromatic carbocycles. The molecule has 3 aromatic rings. The standard InChI is InChI=1S/C20H17NO5S/c1-26-15-11-12-19(27(23,24)25)18(13-15)16-9-5-6-10-17(16)20(22)21-14-7-3-2-4-8-14/h2-13H,1H3,(H,21,22)(H,23,24,25). The van der Waals surface area contributed by atoms with Gasteiger partial charge in [-0.05, 0) is 42.0 Å². The fourth-order valence-electron chi connectivity index (χ4n) is 2.71. The van der Waals surface area contributed by atoms with E-state index >= 15 is 0 Å². The van der Waals surface area contributed by atoms with Crippen LogP contribution in [-0.4, -0.2) is 26.0 Å². The molecule has 3 rings (SSSR count). The number of hydrogen-bond donors (Lipinski definition) is 2. The van der Waals surface area contributed by atoms with Gasteiger partial charge in [-0.15, -0.1) is 0 Å². The Balaban J connectivity index is 2.13. The minimum Gasteiger partial charge on any atom is -0.497 e. The Morgan fingerprint density at radius 2 is 1.59 bits per heavy atom. The summed E-state index contributed by atoms with van der Waals surface area (Å²) < 4.78 is 38.4. The summed E-state index contributed by atoms with van der Waals surface area (Å²) >= 11 is 0. The Kier molecular flexibility index (Phi) is 5.25. The van der Waals surface area contributed by atoms with Gasteiger partial charge >= 0.3 is 0 Å². The van der Waals surface area contributed by atoms with E-state index in [1.54, 1.807) is 48.5 Å². The third kappa shape index (κ3) is 4.16. The fourth-order valence-corrected chi connectivity index (χ4v) is 3.39. The Morgan fingerprint density at radius 1 is 0.926 bits per heavy atom. The van der Waals surface area contributed by atoms with Crippen molar-refractivity contribution in [1.82, 2.24) is 0 Å². The Morgan fingerprint density at radius 3 is 2.26 bits per heavy atom. The van der Waals surface area contributed by atoms with Gasteiger partial charge in [-0.25, -0.2) is 0 Å². The van der Waals surface area contributed by atoms with Crippen LogP contribution in [0.25, 0.3) is 11.1 Å². The van der Waals surface area contributed by atoms with E-state index in [9.17, 15) is 17.8 Å². The van der Waals surface area contributed by atoms with Crippen LogP contribution in [-0.2, 0) is 10.1 Å². The van der Waals surface area contributed by atoms with Crippen LogP contribution < -0.4 is 10.1 Å². The van der Waals surface area contributed by atoms with Crippen molar-refractivity contribution in [2.75, 3.05) is 12.4 Å². The molecule has 0 spiro atoms. The molecule has 1 amide bonds. The van der Waals surface area contributed by atoms with Gasteiger partial charge < -0.3 is 10.1 Å². The number of carbonyl (C=O) groups excluding carboxylic acids is 1. The first-order valence-corrected chi connectivity index (χ1v) is 9.45. The van der Waals surface area contributed by atoms with Crippen LogP contribution in [0.15, 0.2) is 77.7 Å². The maximum Gasteiger partial charge on any atom is 0.295 e. The highest BCUT2D eigenvalue weighted by molar-refractivity contribution is 7.86. The fraction of sp³-hybridized carbons (Fsp3) is 0.0500. The zero-order valence-electron chi connectivity index (χ0n) is 14.4. The third-order valence-electron chi connectivity index (χ3n) is 3.96. The Hall–Kier alpha value is -3.16. The number of ether oxygens (including phenoxy) is 1. The number of rotatable bonds is 5. The van der Waals surface area contributed by atoms with Gasteiger partial charge in [-0.1, -0.05) is 36.4 Å². The monoisotopic (exact) mass is 383 g/mol. The summed E-state index contributed by atoms with van der Waals surface area (Å²) in [5.74, 6) is -0.00317. The quantitative estimate of drug-likeness (QED) is 0.653. The van der Waals surface area contributed by atoms with Gasteiger partial charge in [0.2, 0.25) is 0 Å². The SMILES string of the molecule is COc1ccc(S(=O)(=O)O)c(-c2ccccc2C(=O)Nc2ccccc2)c1. The maximum absolute atomic E-state index is 12.8. The Bertz CT molecular complexity index is 1080. The van der Waals surface area contributed by atoms with Crippen LogP contribution in [0.1, 0.15) is 10.4 Å². The molecule has 6 nitrogen and oxygen atoms in total. The van der Waals surface area contributed by atoms with E-state index in [1.807, 2.05) is 6.07 Å². The van der Waals surface area contributed by atoms with E-state index in [2.05, 4.69) is 5.32 Å². The zero-order valence-corrected chi connectivity index (χ0v) is 15.2. The molecule has 0 bridgehead atoms. The number of para-hydroxylation sites is 1. The molecule has 0 unspecified atom stereocenters. The molecule has 0 aliphatic carbocycles. The number of hydrogen-bond acceptors (Lipinski definition) is 4. The van der Waals surface area contributed by atoms with Crippen LogP contribution in [0.2, 0.25) is 0 Å². The molecule has 7 heteroatoms. The summed E-state index contributed by atoms with van der Waals surface area (Å²) in [7, 11) is -3.05. The summed E-state index contributed by atoms with van der Waals surface area (Å²) in [6.07, 6.45) is 0. The van der Waals surface area contributed by atoms with Crippen molar-refractivity contribution in [3.05, 3.63) is 78.4 Å².